The molecule has 0 aliphatic rings. The molecule has 1 heterocycles. The van der Waals surface area contributed by atoms with Gasteiger partial charge in [0.2, 0.25) is 0 Å². The number of unbranched alkanes of at least 4 members (excludes halogenated alkanes) is 5. The Kier molecular flexibility index (Phi) is 5.00. The molecule has 104 valence electrons. The van der Waals surface area contributed by atoms with Crippen molar-refractivity contribution in [2.24, 2.45) is 0 Å². The van der Waals surface area contributed by atoms with E-state index in [1.165, 1.54) is 49.6 Å². The third kappa shape index (κ3) is 3.59. The monoisotopic (exact) mass is 258 g/mol. The van der Waals surface area contributed by atoms with Crippen LogP contribution in [0.5, 0.6) is 0 Å². The number of rotatable bonds is 7. The van der Waals surface area contributed by atoms with E-state index in [2.05, 4.69) is 48.5 Å². The predicted octanol–water partition coefficient (Wildman–Crippen LogP) is 5.01. The number of nitrogens with zero attached hydrogens (tertiary/aromatic N) is 2. The minimum Gasteiger partial charge on any atom is -0.328 e. The van der Waals surface area contributed by atoms with Crippen molar-refractivity contribution in [3.63, 3.8) is 0 Å². The summed E-state index contributed by atoms with van der Waals surface area (Å²) in [5, 5.41) is 0. The molecule has 2 nitrogen and oxygen atoms in total. The summed E-state index contributed by atoms with van der Waals surface area (Å²) >= 11 is 0. The summed E-state index contributed by atoms with van der Waals surface area (Å²) in [4.78, 5) is 4.67. The lowest BCUT2D eigenvalue weighted by atomic mass is 10.1. The second-order valence-electron chi connectivity index (χ2n) is 5.57. The van der Waals surface area contributed by atoms with Crippen LogP contribution >= 0.6 is 0 Å². The van der Waals surface area contributed by atoms with Gasteiger partial charge in [-0.05, 0) is 38.0 Å². The van der Waals surface area contributed by atoms with E-state index in [9.17, 15) is 0 Å². The molecular formula is C17H26N2. The van der Waals surface area contributed by atoms with E-state index in [-0.39, 0.29) is 0 Å². The Balaban J connectivity index is 1.95. The van der Waals surface area contributed by atoms with Gasteiger partial charge in [-0.15, -0.1) is 0 Å². The molecule has 0 saturated carbocycles. The molecule has 0 atom stereocenters. The average molecular weight is 258 g/mol. The summed E-state index contributed by atoms with van der Waals surface area (Å²) in [6.45, 7) is 7.62. The summed E-state index contributed by atoms with van der Waals surface area (Å²) in [5.41, 5.74) is 3.72. The van der Waals surface area contributed by atoms with Crippen LogP contribution in [-0.2, 0) is 6.54 Å². The maximum Gasteiger partial charge on any atom is 0.106 e. The lowest BCUT2D eigenvalue weighted by Crippen LogP contribution is -2.00. The van der Waals surface area contributed by atoms with E-state index in [1.54, 1.807) is 0 Å². The van der Waals surface area contributed by atoms with Gasteiger partial charge in [0, 0.05) is 6.54 Å². The molecule has 1 aromatic carbocycles. The zero-order chi connectivity index (χ0) is 13.7. The van der Waals surface area contributed by atoms with Crippen molar-refractivity contribution in [1.82, 2.24) is 9.55 Å². The second-order valence-corrected chi connectivity index (χ2v) is 5.57. The van der Waals surface area contributed by atoms with Crippen molar-refractivity contribution in [3.05, 3.63) is 29.6 Å². The Morgan fingerprint density at radius 1 is 1.00 bits per heavy atom. The van der Waals surface area contributed by atoms with E-state index in [0.29, 0.717) is 0 Å². The lowest BCUT2D eigenvalue weighted by molar-refractivity contribution is 0.558. The highest BCUT2D eigenvalue weighted by molar-refractivity contribution is 5.76. The standard InChI is InChI=1S/C17H26N2/c1-4-5-6-7-8-9-12-19-15(3)18-16-13-14(2)10-11-17(16)19/h10-11,13H,4-9,12H2,1-3H3. The van der Waals surface area contributed by atoms with Gasteiger partial charge in [-0.2, -0.15) is 0 Å². The van der Waals surface area contributed by atoms with Crippen LogP contribution in [0.3, 0.4) is 0 Å². The van der Waals surface area contributed by atoms with Gasteiger partial charge in [0.05, 0.1) is 11.0 Å². The van der Waals surface area contributed by atoms with Gasteiger partial charge >= 0.3 is 0 Å². The van der Waals surface area contributed by atoms with Crippen LogP contribution in [0.25, 0.3) is 11.0 Å². The maximum absolute atomic E-state index is 4.67. The number of fused-ring (bicyclic) bond motifs is 1. The Labute approximate surface area is 116 Å². The maximum atomic E-state index is 4.67. The molecule has 0 unspecified atom stereocenters. The van der Waals surface area contributed by atoms with Crippen LogP contribution in [0.1, 0.15) is 56.8 Å². The van der Waals surface area contributed by atoms with Crippen molar-refractivity contribution in [2.45, 2.75) is 65.8 Å². The van der Waals surface area contributed by atoms with Crippen molar-refractivity contribution >= 4 is 11.0 Å². The SMILES string of the molecule is CCCCCCCCn1c(C)nc2cc(C)ccc21. The predicted molar refractivity (Wildman–Crippen MR) is 82.6 cm³/mol. The molecule has 0 amide bonds. The molecular weight excluding hydrogens is 232 g/mol. The first-order valence-corrected chi connectivity index (χ1v) is 7.66. The normalized spacial score (nSPS) is 11.3. The minimum atomic E-state index is 1.11. The summed E-state index contributed by atoms with van der Waals surface area (Å²) < 4.78 is 2.37. The summed E-state index contributed by atoms with van der Waals surface area (Å²) in [5.74, 6) is 1.15. The van der Waals surface area contributed by atoms with Crippen molar-refractivity contribution < 1.29 is 0 Å². The third-order valence-electron chi connectivity index (χ3n) is 3.83. The van der Waals surface area contributed by atoms with E-state index in [1.807, 2.05) is 0 Å². The first-order valence-electron chi connectivity index (χ1n) is 7.66. The fourth-order valence-corrected chi connectivity index (χ4v) is 2.69. The van der Waals surface area contributed by atoms with Crippen LogP contribution in [0.4, 0.5) is 0 Å². The van der Waals surface area contributed by atoms with E-state index < -0.39 is 0 Å². The lowest BCUT2D eigenvalue weighted by Gasteiger charge is -2.07. The Morgan fingerprint density at radius 3 is 2.53 bits per heavy atom. The molecule has 19 heavy (non-hydrogen) atoms. The quantitative estimate of drug-likeness (QED) is 0.638. The van der Waals surface area contributed by atoms with Crippen molar-refractivity contribution in [2.75, 3.05) is 0 Å². The number of aromatic nitrogens is 2. The topological polar surface area (TPSA) is 17.8 Å². The molecule has 0 aliphatic carbocycles. The highest BCUT2D eigenvalue weighted by Crippen LogP contribution is 2.18. The highest BCUT2D eigenvalue weighted by atomic mass is 15.1. The zero-order valence-electron chi connectivity index (χ0n) is 12.6. The molecule has 0 saturated heterocycles. The van der Waals surface area contributed by atoms with Gasteiger partial charge in [0.15, 0.2) is 0 Å². The van der Waals surface area contributed by atoms with Gasteiger partial charge in [-0.3, -0.25) is 0 Å². The summed E-state index contributed by atoms with van der Waals surface area (Å²) in [6, 6.07) is 6.57. The molecule has 0 spiro atoms. The molecule has 1 aromatic heterocycles. The first kappa shape index (κ1) is 14.1. The molecule has 0 bridgehead atoms. The van der Waals surface area contributed by atoms with E-state index >= 15 is 0 Å². The zero-order valence-corrected chi connectivity index (χ0v) is 12.6. The van der Waals surface area contributed by atoms with Crippen LogP contribution in [-0.4, -0.2) is 9.55 Å². The fraction of sp³-hybridized carbons (Fsp3) is 0.588. The van der Waals surface area contributed by atoms with Gasteiger partial charge in [0.25, 0.3) is 0 Å². The third-order valence-corrected chi connectivity index (χ3v) is 3.83. The van der Waals surface area contributed by atoms with Gasteiger partial charge in [0.1, 0.15) is 5.82 Å². The number of benzene rings is 1. The van der Waals surface area contributed by atoms with Gasteiger partial charge in [-0.1, -0.05) is 45.1 Å². The molecule has 2 aromatic rings. The number of aryl methyl sites for hydroxylation is 3. The second kappa shape index (κ2) is 6.74. The van der Waals surface area contributed by atoms with Crippen LogP contribution in [0.2, 0.25) is 0 Å². The van der Waals surface area contributed by atoms with E-state index in [0.717, 1.165) is 17.9 Å². The first-order chi connectivity index (χ1) is 9.22. The van der Waals surface area contributed by atoms with Crippen LogP contribution in [0, 0.1) is 13.8 Å². The fourth-order valence-electron chi connectivity index (χ4n) is 2.69. The van der Waals surface area contributed by atoms with Crippen molar-refractivity contribution in [1.29, 1.82) is 0 Å². The molecule has 0 fully saturated rings. The minimum absolute atomic E-state index is 1.11. The number of hydrogen-bond donors (Lipinski definition) is 0. The number of imidazole rings is 1. The molecule has 2 heteroatoms. The van der Waals surface area contributed by atoms with Gasteiger partial charge < -0.3 is 4.57 Å². The number of hydrogen-bond acceptors (Lipinski definition) is 1. The highest BCUT2D eigenvalue weighted by Gasteiger charge is 2.06. The largest absolute Gasteiger partial charge is 0.328 e. The summed E-state index contributed by atoms with van der Waals surface area (Å²) in [6.07, 6.45) is 8.07. The van der Waals surface area contributed by atoms with Crippen LogP contribution < -0.4 is 0 Å². The van der Waals surface area contributed by atoms with Crippen molar-refractivity contribution in [3.8, 4) is 0 Å². The molecule has 0 radical (unpaired) electrons. The Morgan fingerprint density at radius 2 is 1.74 bits per heavy atom. The Hall–Kier alpha value is -1.31. The average Bonchev–Trinajstić information content (AvgIpc) is 2.69. The molecule has 2 rings (SSSR count). The summed E-state index contributed by atoms with van der Waals surface area (Å²) in [7, 11) is 0. The Bertz CT molecular complexity index is 525. The van der Waals surface area contributed by atoms with E-state index in [4.69, 9.17) is 0 Å². The van der Waals surface area contributed by atoms with Gasteiger partial charge in [-0.25, -0.2) is 4.98 Å². The molecule has 0 aliphatic heterocycles. The van der Waals surface area contributed by atoms with Crippen LogP contribution in [0.15, 0.2) is 18.2 Å². The smallest absolute Gasteiger partial charge is 0.106 e. The molecule has 0 N–H and O–H groups in total.